The van der Waals surface area contributed by atoms with Gasteiger partial charge in [0, 0.05) is 55.1 Å². The molecule has 144 valence electrons. The molecule has 3 aromatic rings. The van der Waals surface area contributed by atoms with E-state index in [1.54, 1.807) is 24.0 Å². The summed E-state index contributed by atoms with van der Waals surface area (Å²) in [5.74, 6) is 0.304. The van der Waals surface area contributed by atoms with E-state index in [2.05, 4.69) is 23.3 Å². The molecule has 6 heteroatoms. The molecule has 1 aromatic carbocycles. The third kappa shape index (κ3) is 4.09. The highest BCUT2D eigenvalue weighted by Crippen LogP contribution is 2.27. The third-order valence-electron chi connectivity index (χ3n) is 5.29. The first-order valence-electron chi connectivity index (χ1n) is 9.58. The Morgan fingerprint density at radius 3 is 2.75 bits per heavy atom. The Morgan fingerprint density at radius 2 is 2.00 bits per heavy atom. The normalized spacial score (nSPS) is 16.9. The smallest absolute Gasteiger partial charge is 0.272 e. The Bertz CT molecular complexity index is 967. The van der Waals surface area contributed by atoms with Gasteiger partial charge < -0.3 is 4.90 Å². The second kappa shape index (κ2) is 8.15. The van der Waals surface area contributed by atoms with Crippen molar-refractivity contribution in [2.45, 2.75) is 25.2 Å². The van der Waals surface area contributed by atoms with Crippen LogP contribution < -0.4 is 0 Å². The minimum Gasteiger partial charge on any atom is -0.337 e. The standard InChI is InChI=1S/C22H23ClN4O/c1-26-21(11-12-24-26)22(28)27-13-3-4-17(15-27)20-6-2-5-19(25-20)14-16-7-9-18(23)10-8-16/h2,5-12,17H,3-4,13-15H2,1H3/t17-/m1/s1. The van der Waals surface area contributed by atoms with E-state index in [-0.39, 0.29) is 11.8 Å². The number of likely N-dealkylation sites (tertiary alicyclic amines) is 1. The van der Waals surface area contributed by atoms with Crippen molar-refractivity contribution in [2.75, 3.05) is 13.1 Å². The van der Waals surface area contributed by atoms with Crippen LogP contribution in [0.4, 0.5) is 0 Å². The van der Waals surface area contributed by atoms with Gasteiger partial charge in [-0.15, -0.1) is 0 Å². The van der Waals surface area contributed by atoms with Crippen LogP contribution in [-0.2, 0) is 13.5 Å². The molecule has 0 unspecified atom stereocenters. The molecule has 0 radical (unpaired) electrons. The van der Waals surface area contributed by atoms with Crippen LogP contribution in [0.15, 0.2) is 54.7 Å². The van der Waals surface area contributed by atoms with Gasteiger partial charge in [0.25, 0.3) is 5.91 Å². The first-order valence-corrected chi connectivity index (χ1v) is 9.95. The summed E-state index contributed by atoms with van der Waals surface area (Å²) < 4.78 is 1.64. The maximum atomic E-state index is 12.8. The summed E-state index contributed by atoms with van der Waals surface area (Å²) in [7, 11) is 1.80. The van der Waals surface area contributed by atoms with Crippen LogP contribution >= 0.6 is 11.6 Å². The molecule has 0 bridgehead atoms. The Labute approximate surface area is 170 Å². The summed E-state index contributed by atoms with van der Waals surface area (Å²) >= 11 is 5.97. The predicted molar refractivity (Wildman–Crippen MR) is 110 cm³/mol. The van der Waals surface area contributed by atoms with Crippen molar-refractivity contribution in [3.63, 3.8) is 0 Å². The number of aryl methyl sites for hydroxylation is 1. The van der Waals surface area contributed by atoms with Crippen LogP contribution in [0.3, 0.4) is 0 Å². The third-order valence-corrected chi connectivity index (χ3v) is 5.55. The van der Waals surface area contributed by atoms with Crippen LogP contribution in [0.5, 0.6) is 0 Å². The van der Waals surface area contributed by atoms with E-state index < -0.39 is 0 Å². The fourth-order valence-electron chi connectivity index (χ4n) is 3.78. The van der Waals surface area contributed by atoms with E-state index in [1.807, 2.05) is 29.2 Å². The minimum atomic E-state index is 0.0435. The van der Waals surface area contributed by atoms with E-state index in [9.17, 15) is 4.79 Å². The van der Waals surface area contributed by atoms with Crippen molar-refractivity contribution in [1.29, 1.82) is 0 Å². The lowest BCUT2D eigenvalue weighted by Crippen LogP contribution is -2.40. The summed E-state index contributed by atoms with van der Waals surface area (Å²) in [6.45, 7) is 1.48. The van der Waals surface area contributed by atoms with Crippen molar-refractivity contribution in [3.05, 3.63) is 82.4 Å². The fourth-order valence-corrected chi connectivity index (χ4v) is 3.91. The highest BCUT2D eigenvalue weighted by Gasteiger charge is 2.27. The Balaban J connectivity index is 1.48. The van der Waals surface area contributed by atoms with Gasteiger partial charge in [-0.2, -0.15) is 5.10 Å². The minimum absolute atomic E-state index is 0.0435. The molecule has 4 rings (SSSR count). The molecule has 1 aliphatic heterocycles. The number of carbonyl (C=O) groups excluding carboxylic acids is 1. The summed E-state index contributed by atoms with van der Waals surface area (Å²) in [6.07, 6.45) is 4.47. The SMILES string of the molecule is Cn1nccc1C(=O)N1CCC[C@@H](c2cccc(Cc3ccc(Cl)cc3)n2)C1. The molecule has 3 heterocycles. The molecule has 1 fully saturated rings. The number of aromatic nitrogens is 3. The van der Waals surface area contributed by atoms with Crippen LogP contribution in [0.1, 0.15) is 46.2 Å². The van der Waals surface area contributed by atoms with Crippen molar-refractivity contribution in [3.8, 4) is 0 Å². The maximum Gasteiger partial charge on any atom is 0.272 e. The number of carbonyl (C=O) groups is 1. The summed E-state index contributed by atoms with van der Waals surface area (Å²) in [5, 5.41) is 4.86. The lowest BCUT2D eigenvalue weighted by atomic mass is 9.93. The van der Waals surface area contributed by atoms with Gasteiger partial charge in [-0.1, -0.05) is 29.8 Å². The molecule has 2 aromatic heterocycles. The lowest BCUT2D eigenvalue weighted by molar-refractivity contribution is 0.0694. The van der Waals surface area contributed by atoms with Crippen LogP contribution in [-0.4, -0.2) is 38.7 Å². The molecule has 1 amide bonds. The van der Waals surface area contributed by atoms with Crippen molar-refractivity contribution >= 4 is 17.5 Å². The highest BCUT2D eigenvalue weighted by molar-refractivity contribution is 6.30. The predicted octanol–water partition coefficient (Wildman–Crippen LogP) is 4.08. The Kier molecular flexibility index (Phi) is 5.44. The van der Waals surface area contributed by atoms with Gasteiger partial charge in [0.2, 0.25) is 0 Å². The van der Waals surface area contributed by atoms with Crippen molar-refractivity contribution in [1.82, 2.24) is 19.7 Å². The summed E-state index contributed by atoms with van der Waals surface area (Å²) in [6, 6.07) is 15.9. The second-order valence-corrected chi connectivity index (χ2v) is 7.72. The van der Waals surface area contributed by atoms with Gasteiger partial charge in [-0.25, -0.2) is 0 Å². The maximum absolute atomic E-state index is 12.8. The number of benzene rings is 1. The molecular weight excluding hydrogens is 372 g/mol. The Hall–Kier alpha value is -2.66. The van der Waals surface area contributed by atoms with E-state index in [1.165, 1.54) is 5.56 Å². The van der Waals surface area contributed by atoms with Gasteiger partial charge >= 0.3 is 0 Å². The summed E-state index contributed by atoms with van der Waals surface area (Å²) in [4.78, 5) is 19.7. The number of piperidine rings is 1. The largest absolute Gasteiger partial charge is 0.337 e. The molecule has 0 aliphatic carbocycles. The zero-order valence-electron chi connectivity index (χ0n) is 15.9. The highest BCUT2D eigenvalue weighted by atomic mass is 35.5. The first-order chi connectivity index (χ1) is 13.6. The van der Waals surface area contributed by atoms with E-state index in [0.717, 1.165) is 42.2 Å². The van der Waals surface area contributed by atoms with E-state index in [0.29, 0.717) is 12.2 Å². The molecule has 1 saturated heterocycles. The molecule has 28 heavy (non-hydrogen) atoms. The number of hydrogen-bond acceptors (Lipinski definition) is 3. The molecule has 0 spiro atoms. The van der Waals surface area contributed by atoms with Crippen LogP contribution in [0.2, 0.25) is 5.02 Å². The lowest BCUT2D eigenvalue weighted by Gasteiger charge is -2.32. The van der Waals surface area contributed by atoms with Gasteiger partial charge in [0.1, 0.15) is 5.69 Å². The van der Waals surface area contributed by atoms with Crippen molar-refractivity contribution in [2.24, 2.45) is 7.05 Å². The molecular formula is C22H23ClN4O. The zero-order chi connectivity index (χ0) is 19.5. The number of pyridine rings is 1. The number of nitrogens with zero attached hydrogens (tertiary/aromatic N) is 4. The Morgan fingerprint density at radius 1 is 1.18 bits per heavy atom. The van der Waals surface area contributed by atoms with E-state index >= 15 is 0 Å². The molecule has 5 nitrogen and oxygen atoms in total. The van der Waals surface area contributed by atoms with Gasteiger partial charge in [-0.05, 0) is 48.7 Å². The quantitative estimate of drug-likeness (QED) is 0.670. The van der Waals surface area contributed by atoms with Crippen molar-refractivity contribution < 1.29 is 4.79 Å². The number of rotatable bonds is 4. The zero-order valence-corrected chi connectivity index (χ0v) is 16.6. The number of halogens is 1. The van der Waals surface area contributed by atoms with Gasteiger partial charge in [-0.3, -0.25) is 14.5 Å². The molecule has 0 N–H and O–H groups in total. The average molecular weight is 395 g/mol. The van der Waals surface area contributed by atoms with Gasteiger partial charge in [0.05, 0.1) is 0 Å². The topological polar surface area (TPSA) is 51.0 Å². The molecule has 0 saturated carbocycles. The molecule has 1 aliphatic rings. The fraction of sp³-hybridized carbons (Fsp3) is 0.318. The molecule has 1 atom stereocenters. The van der Waals surface area contributed by atoms with Crippen LogP contribution in [0, 0.1) is 0 Å². The summed E-state index contributed by atoms with van der Waals surface area (Å²) in [5.41, 5.74) is 3.92. The second-order valence-electron chi connectivity index (χ2n) is 7.29. The van der Waals surface area contributed by atoms with Gasteiger partial charge in [0.15, 0.2) is 0 Å². The first kappa shape index (κ1) is 18.7. The number of amides is 1. The van der Waals surface area contributed by atoms with E-state index in [4.69, 9.17) is 16.6 Å². The average Bonchev–Trinajstić information content (AvgIpc) is 3.15. The number of hydrogen-bond donors (Lipinski definition) is 0. The van der Waals surface area contributed by atoms with Crippen LogP contribution in [0.25, 0.3) is 0 Å². The monoisotopic (exact) mass is 394 g/mol.